The van der Waals surface area contributed by atoms with Crippen LogP contribution in [0.25, 0.3) is 0 Å². The Bertz CT molecular complexity index is 766. The molecule has 0 saturated carbocycles. The van der Waals surface area contributed by atoms with Crippen LogP contribution in [0.3, 0.4) is 0 Å². The minimum atomic E-state index is -1.60. The van der Waals surface area contributed by atoms with Gasteiger partial charge in [0.1, 0.15) is 5.75 Å². The molecule has 0 aliphatic carbocycles. The van der Waals surface area contributed by atoms with Gasteiger partial charge in [-0.05, 0) is 37.0 Å². The van der Waals surface area contributed by atoms with E-state index in [0.29, 0.717) is 40.8 Å². The number of hydrogen-bond acceptors (Lipinski definition) is 9. The quantitative estimate of drug-likeness (QED) is 0.256. The van der Waals surface area contributed by atoms with Crippen LogP contribution in [0, 0.1) is 0 Å². The molecule has 0 unspecified atom stereocenters. The topological polar surface area (TPSA) is 113 Å². The fourth-order valence-corrected chi connectivity index (χ4v) is 2.74. The van der Waals surface area contributed by atoms with Crippen molar-refractivity contribution in [1.29, 1.82) is 0 Å². The number of hydrazone groups is 1. The molecule has 0 bridgehead atoms. The second kappa shape index (κ2) is 9.90. The third-order valence-electron chi connectivity index (χ3n) is 3.12. The average Bonchev–Trinajstić information content (AvgIpc) is 3.02. The van der Waals surface area contributed by atoms with Crippen LogP contribution in [0.15, 0.2) is 28.7 Å². The fraction of sp³-hybridized carbons (Fsp3) is 0.312. The third-order valence-corrected chi connectivity index (χ3v) is 3.91. The molecule has 0 atom stereocenters. The molecule has 0 fully saturated rings. The SMILES string of the molecule is CCOC(=O)Cc1csc(NN=Cc2cc(OCC)cc(B(O)O)c2)n1. The van der Waals surface area contributed by atoms with Crippen molar-refractivity contribution in [3.63, 3.8) is 0 Å². The van der Waals surface area contributed by atoms with Gasteiger partial charge in [-0.3, -0.25) is 10.2 Å². The number of esters is 1. The Kier molecular flexibility index (Phi) is 7.58. The van der Waals surface area contributed by atoms with Gasteiger partial charge in [0, 0.05) is 5.38 Å². The van der Waals surface area contributed by atoms with Crippen molar-refractivity contribution in [1.82, 2.24) is 4.98 Å². The fourth-order valence-electron chi connectivity index (χ4n) is 2.08. The van der Waals surface area contributed by atoms with Gasteiger partial charge in [-0.2, -0.15) is 5.10 Å². The summed E-state index contributed by atoms with van der Waals surface area (Å²) in [6.07, 6.45) is 1.63. The maximum absolute atomic E-state index is 11.4. The van der Waals surface area contributed by atoms with Crippen LogP contribution < -0.4 is 15.6 Å². The summed E-state index contributed by atoms with van der Waals surface area (Å²) in [6.45, 7) is 4.39. The Labute approximate surface area is 155 Å². The molecule has 3 N–H and O–H groups in total. The summed E-state index contributed by atoms with van der Waals surface area (Å²) in [5.41, 5.74) is 4.33. The Morgan fingerprint density at radius 3 is 2.85 bits per heavy atom. The standard InChI is InChI=1S/C16H20BN3O5S/c1-3-24-14-6-11(5-12(7-14)17(22)23)9-18-20-16-19-13(10-26-16)8-15(21)25-4-2/h5-7,9-10,22-23H,3-4,8H2,1-2H3,(H,19,20). The van der Waals surface area contributed by atoms with Crippen molar-refractivity contribution in [3.05, 3.63) is 34.8 Å². The molecular weight excluding hydrogens is 357 g/mol. The van der Waals surface area contributed by atoms with Crippen LogP contribution in [0.2, 0.25) is 0 Å². The molecule has 2 aromatic rings. The van der Waals surface area contributed by atoms with E-state index in [4.69, 9.17) is 9.47 Å². The van der Waals surface area contributed by atoms with Gasteiger partial charge in [-0.25, -0.2) is 4.98 Å². The molecule has 26 heavy (non-hydrogen) atoms. The number of thiazole rings is 1. The number of ether oxygens (including phenoxy) is 2. The summed E-state index contributed by atoms with van der Waals surface area (Å²) in [5.74, 6) is 0.196. The molecule has 0 aliphatic heterocycles. The predicted octanol–water partition coefficient (Wildman–Crippen LogP) is 0.773. The Morgan fingerprint density at radius 2 is 2.15 bits per heavy atom. The first-order valence-corrected chi connectivity index (χ1v) is 8.92. The molecule has 1 heterocycles. The summed E-state index contributed by atoms with van der Waals surface area (Å²) in [4.78, 5) is 15.7. The van der Waals surface area contributed by atoms with E-state index in [2.05, 4.69) is 15.5 Å². The largest absolute Gasteiger partial charge is 0.494 e. The molecule has 1 aromatic carbocycles. The van der Waals surface area contributed by atoms with Crippen LogP contribution in [-0.2, 0) is 16.0 Å². The predicted molar refractivity (Wildman–Crippen MR) is 101 cm³/mol. The summed E-state index contributed by atoms with van der Waals surface area (Å²) in [7, 11) is -1.60. The number of anilines is 1. The highest BCUT2D eigenvalue weighted by Gasteiger charge is 2.13. The molecular formula is C16H20BN3O5S. The number of rotatable bonds is 9. The van der Waals surface area contributed by atoms with E-state index >= 15 is 0 Å². The van der Waals surface area contributed by atoms with E-state index in [1.807, 2.05) is 6.92 Å². The number of hydrogen-bond donors (Lipinski definition) is 3. The van der Waals surface area contributed by atoms with Gasteiger partial charge < -0.3 is 19.5 Å². The number of nitrogens with one attached hydrogen (secondary N) is 1. The second-order valence-electron chi connectivity index (χ2n) is 5.14. The molecule has 138 valence electrons. The molecule has 0 amide bonds. The van der Waals surface area contributed by atoms with Gasteiger partial charge in [0.25, 0.3) is 0 Å². The lowest BCUT2D eigenvalue weighted by molar-refractivity contribution is -0.142. The number of benzene rings is 1. The van der Waals surface area contributed by atoms with Crippen molar-refractivity contribution < 1.29 is 24.3 Å². The highest BCUT2D eigenvalue weighted by Crippen LogP contribution is 2.16. The smallest absolute Gasteiger partial charge is 0.488 e. The van der Waals surface area contributed by atoms with E-state index in [-0.39, 0.29) is 12.4 Å². The molecule has 8 nitrogen and oxygen atoms in total. The van der Waals surface area contributed by atoms with Gasteiger partial charge in [-0.1, -0.05) is 6.07 Å². The van der Waals surface area contributed by atoms with Crippen LogP contribution in [0.1, 0.15) is 25.1 Å². The molecule has 2 rings (SSSR count). The summed E-state index contributed by atoms with van der Waals surface area (Å²) in [6, 6.07) is 4.88. The molecule has 0 radical (unpaired) electrons. The summed E-state index contributed by atoms with van der Waals surface area (Å²) < 4.78 is 10.3. The number of carbonyl (C=O) groups is 1. The molecule has 0 aliphatic rings. The Morgan fingerprint density at radius 1 is 1.35 bits per heavy atom. The highest BCUT2D eigenvalue weighted by atomic mass is 32.1. The highest BCUT2D eigenvalue weighted by molar-refractivity contribution is 7.13. The maximum atomic E-state index is 11.4. The normalized spacial score (nSPS) is 10.8. The summed E-state index contributed by atoms with van der Waals surface area (Å²) >= 11 is 1.32. The number of carbonyl (C=O) groups excluding carboxylic acids is 1. The number of aromatic nitrogens is 1. The van der Waals surface area contributed by atoms with E-state index in [0.717, 1.165) is 0 Å². The van der Waals surface area contributed by atoms with Crippen LogP contribution in [0.4, 0.5) is 5.13 Å². The minimum absolute atomic E-state index is 0.115. The van der Waals surface area contributed by atoms with E-state index < -0.39 is 7.12 Å². The zero-order chi connectivity index (χ0) is 18.9. The molecule has 1 aromatic heterocycles. The van der Waals surface area contributed by atoms with Gasteiger partial charge in [-0.15, -0.1) is 11.3 Å². The third kappa shape index (κ3) is 6.14. The van der Waals surface area contributed by atoms with E-state index in [1.165, 1.54) is 17.6 Å². The van der Waals surface area contributed by atoms with Gasteiger partial charge in [0.15, 0.2) is 0 Å². The van der Waals surface area contributed by atoms with Gasteiger partial charge in [0.05, 0.1) is 31.5 Å². The lowest BCUT2D eigenvalue weighted by Gasteiger charge is -2.07. The Balaban J connectivity index is 2.01. The first-order chi connectivity index (χ1) is 12.5. The van der Waals surface area contributed by atoms with Crippen molar-refractivity contribution >= 4 is 41.2 Å². The van der Waals surface area contributed by atoms with Crippen molar-refractivity contribution in [2.24, 2.45) is 5.10 Å². The van der Waals surface area contributed by atoms with E-state index in [9.17, 15) is 14.8 Å². The summed E-state index contributed by atoms with van der Waals surface area (Å²) in [5, 5.41) is 25.1. The zero-order valence-corrected chi connectivity index (χ0v) is 15.3. The Hall–Kier alpha value is -2.43. The maximum Gasteiger partial charge on any atom is 0.488 e. The molecule has 0 spiro atoms. The minimum Gasteiger partial charge on any atom is -0.494 e. The average molecular weight is 377 g/mol. The first kappa shape index (κ1) is 19.9. The second-order valence-corrected chi connectivity index (χ2v) is 6.00. The monoisotopic (exact) mass is 377 g/mol. The van der Waals surface area contributed by atoms with Gasteiger partial charge in [0.2, 0.25) is 5.13 Å². The van der Waals surface area contributed by atoms with Crippen molar-refractivity contribution in [2.45, 2.75) is 20.3 Å². The van der Waals surface area contributed by atoms with Gasteiger partial charge >= 0.3 is 13.1 Å². The van der Waals surface area contributed by atoms with E-state index in [1.54, 1.807) is 30.5 Å². The molecule has 10 heteroatoms. The lowest BCUT2D eigenvalue weighted by atomic mass is 9.79. The van der Waals surface area contributed by atoms with Crippen molar-refractivity contribution in [3.8, 4) is 5.75 Å². The van der Waals surface area contributed by atoms with Crippen LogP contribution >= 0.6 is 11.3 Å². The molecule has 0 saturated heterocycles. The van der Waals surface area contributed by atoms with Crippen molar-refractivity contribution in [2.75, 3.05) is 18.6 Å². The first-order valence-electron chi connectivity index (χ1n) is 8.04. The van der Waals surface area contributed by atoms with Crippen LogP contribution in [-0.4, -0.2) is 47.5 Å². The zero-order valence-electron chi connectivity index (χ0n) is 14.5. The lowest BCUT2D eigenvalue weighted by Crippen LogP contribution is -2.30. The van der Waals surface area contributed by atoms with Crippen LogP contribution in [0.5, 0.6) is 5.75 Å². The number of nitrogens with zero attached hydrogens (tertiary/aromatic N) is 2.